The summed E-state index contributed by atoms with van der Waals surface area (Å²) in [7, 11) is 0. The second-order valence-electron chi connectivity index (χ2n) is 2.65. The van der Waals surface area contributed by atoms with Crippen molar-refractivity contribution in [3.63, 3.8) is 0 Å². The molecule has 1 aromatic heterocycles. The highest BCUT2D eigenvalue weighted by atomic mass is 16.1. The molecule has 4 nitrogen and oxygen atoms in total. The fourth-order valence-corrected chi connectivity index (χ4v) is 0.837. The van der Waals surface area contributed by atoms with E-state index in [-0.39, 0.29) is 11.5 Å². The van der Waals surface area contributed by atoms with Gasteiger partial charge in [-0.15, -0.1) is 0 Å². The Morgan fingerprint density at radius 2 is 2.43 bits per heavy atom. The number of amides is 1. The number of aromatic amines is 1. The third-order valence-corrected chi connectivity index (χ3v) is 1.43. The molecule has 0 aromatic carbocycles. The molecule has 0 aliphatic carbocycles. The first-order chi connectivity index (χ1) is 6.68. The Bertz CT molecular complexity index is 437. The Morgan fingerprint density at radius 3 is 3.07 bits per heavy atom. The smallest absolute Gasteiger partial charge is 0.249 e. The van der Waals surface area contributed by atoms with Crippen molar-refractivity contribution in [1.82, 2.24) is 10.3 Å². The van der Waals surface area contributed by atoms with Crippen LogP contribution in [0.2, 0.25) is 0 Å². The minimum Gasteiger partial charge on any atom is -0.345 e. The number of hydrogen-bond acceptors (Lipinski definition) is 2. The van der Waals surface area contributed by atoms with Crippen LogP contribution in [0.5, 0.6) is 0 Å². The summed E-state index contributed by atoms with van der Waals surface area (Å²) >= 11 is 0. The normalized spacial score (nSPS) is 8.64. The molecule has 0 bridgehead atoms. The maximum absolute atomic E-state index is 10.8. The number of hydrogen-bond donors (Lipinski definition) is 2. The van der Waals surface area contributed by atoms with E-state index in [2.05, 4.69) is 22.1 Å². The summed E-state index contributed by atoms with van der Waals surface area (Å²) < 4.78 is 0. The molecule has 0 fully saturated rings. The maximum atomic E-state index is 10.8. The summed E-state index contributed by atoms with van der Waals surface area (Å²) in [6, 6.07) is 3.10. The molecule has 0 unspecified atom stereocenters. The van der Waals surface area contributed by atoms with Gasteiger partial charge < -0.3 is 10.3 Å². The number of nitrogens with one attached hydrogen (secondary N) is 2. The summed E-state index contributed by atoms with van der Waals surface area (Å²) in [5.74, 6) is 5.36. The summed E-state index contributed by atoms with van der Waals surface area (Å²) in [5.41, 5.74) is 0.454. The second-order valence-corrected chi connectivity index (χ2v) is 2.65. The van der Waals surface area contributed by atoms with Crippen molar-refractivity contribution in [2.45, 2.75) is 6.92 Å². The molecule has 0 aliphatic rings. The number of aromatic nitrogens is 1. The Morgan fingerprint density at radius 1 is 1.64 bits per heavy atom. The van der Waals surface area contributed by atoms with Crippen LogP contribution in [0, 0.1) is 11.8 Å². The average Bonchev–Trinajstić information content (AvgIpc) is 2.12. The number of pyridine rings is 1. The van der Waals surface area contributed by atoms with Crippen LogP contribution >= 0.6 is 0 Å². The van der Waals surface area contributed by atoms with Crippen molar-refractivity contribution < 1.29 is 4.79 Å². The molecule has 0 radical (unpaired) electrons. The van der Waals surface area contributed by atoms with Crippen molar-refractivity contribution in [3.05, 3.63) is 34.2 Å². The van der Waals surface area contributed by atoms with Gasteiger partial charge in [0.1, 0.15) is 0 Å². The lowest BCUT2D eigenvalue weighted by Crippen LogP contribution is -2.19. The highest BCUT2D eigenvalue weighted by molar-refractivity contribution is 5.73. The molecule has 0 spiro atoms. The fraction of sp³-hybridized carbons (Fsp3) is 0.200. The van der Waals surface area contributed by atoms with Crippen LogP contribution in [0.3, 0.4) is 0 Å². The van der Waals surface area contributed by atoms with Crippen LogP contribution in [0.4, 0.5) is 0 Å². The van der Waals surface area contributed by atoms with E-state index < -0.39 is 0 Å². The Kier molecular flexibility index (Phi) is 3.50. The van der Waals surface area contributed by atoms with Gasteiger partial charge in [0, 0.05) is 24.8 Å². The zero-order valence-corrected chi connectivity index (χ0v) is 7.76. The second kappa shape index (κ2) is 4.87. The molecule has 0 aliphatic heterocycles. The van der Waals surface area contributed by atoms with Gasteiger partial charge in [0.05, 0.1) is 6.54 Å². The van der Waals surface area contributed by atoms with E-state index in [0.29, 0.717) is 12.1 Å². The minimum absolute atomic E-state index is 0.120. The van der Waals surface area contributed by atoms with Crippen molar-refractivity contribution in [2.75, 3.05) is 6.54 Å². The molecule has 1 amide bonds. The number of rotatable bonds is 1. The third-order valence-electron chi connectivity index (χ3n) is 1.43. The van der Waals surface area contributed by atoms with E-state index in [1.165, 1.54) is 19.2 Å². The standard InChI is InChI=1S/C10H10N2O2/c1-8(13)11-5-2-3-9-4-6-12-10(14)7-9/h4,6-7H,5H2,1H3,(H,11,13)(H,12,14). The van der Waals surface area contributed by atoms with Crippen LogP contribution in [-0.2, 0) is 4.79 Å². The van der Waals surface area contributed by atoms with Gasteiger partial charge in [0.2, 0.25) is 11.5 Å². The molecule has 72 valence electrons. The van der Waals surface area contributed by atoms with E-state index >= 15 is 0 Å². The van der Waals surface area contributed by atoms with Gasteiger partial charge in [0.15, 0.2) is 0 Å². The van der Waals surface area contributed by atoms with Gasteiger partial charge in [-0.3, -0.25) is 9.59 Å². The molecule has 1 rings (SSSR count). The molecule has 14 heavy (non-hydrogen) atoms. The SMILES string of the molecule is CC(=O)NCC#Cc1cc[nH]c(=O)c1. The Labute approximate surface area is 81.3 Å². The van der Waals surface area contributed by atoms with Crippen molar-refractivity contribution in [1.29, 1.82) is 0 Å². The molecular formula is C10H10N2O2. The lowest BCUT2D eigenvalue weighted by molar-refractivity contribution is -0.118. The van der Waals surface area contributed by atoms with Gasteiger partial charge in [-0.05, 0) is 6.07 Å². The zero-order valence-electron chi connectivity index (χ0n) is 7.76. The molecule has 0 atom stereocenters. The maximum Gasteiger partial charge on any atom is 0.249 e. The van der Waals surface area contributed by atoms with Crippen LogP contribution < -0.4 is 10.9 Å². The predicted molar refractivity (Wildman–Crippen MR) is 52.6 cm³/mol. The van der Waals surface area contributed by atoms with Gasteiger partial charge in [-0.25, -0.2) is 0 Å². The summed E-state index contributed by atoms with van der Waals surface area (Å²) in [4.78, 5) is 23.8. The van der Waals surface area contributed by atoms with E-state index in [4.69, 9.17) is 0 Å². The van der Waals surface area contributed by atoms with Crippen molar-refractivity contribution in [2.24, 2.45) is 0 Å². The molecule has 1 aromatic rings. The fourth-order valence-electron chi connectivity index (χ4n) is 0.837. The van der Waals surface area contributed by atoms with E-state index in [0.717, 1.165) is 0 Å². The summed E-state index contributed by atoms with van der Waals surface area (Å²) in [6.45, 7) is 1.72. The first-order valence-corrected chi connectivity index (χ1v) is 4.10. The van der Waals surface area contributed by atoms with Gasteiger partial charge in [-0.2, -0.15) is 0 Å². The summed E-state index contributed by atoms with van der Waals surface area (Å²) in [6.07, 6.45) is 1.53. The Balaban J connectivity index is 2.59. The van der Waals surface area contributed by atoms with Crippen molar-refractivity contribution in [3.8, 4) is 11.8 Å². The quantitative estimate of drug-likeness (QED) is 0.605. The molecule has 0 saturated carbocycles. The molecule has 0 saturated heterocycles. The van der Waals surface area contributed by atoms with Gasteiger partial charge in [0.25, 0.3) is 0 Å². The topological polar surface area (TPSA) is 62.0 Å². The molecule has 4 heteroatoms. The van der Waals surface area contributed by atoms with Crippen LogP contribution in [-0.4, -0.2) is 17.4 Å². The highest BCUT2D eigenvalue weighted by Gasteiger charge is 1.87. The van der Waals surface area contributed by atoms with Gasteiger partial charge in [-0.1, -0.05) is 11.8 Å². The first kappa shape index (κ1) is 10.1. The molecular weight excluding hydrogens is 180 g/mol. The average molecular weight is 190 g/mol. The van der Waals surface area contributed by atoms with Crippen molar-refractivity contribution >= 4 is 5.91 Å². The highest BCUT2D eigenvalue weighted by Crippen LogP contribution is 1.87. The number of carbonyl (C=O) groups excluding carboxylic acids is 1. The van der Waals surface area contributed by atoms with E-state index in [9.17, 15) is 9.59 Å². The lowest BCUT2D eigenvalue weighted by Gasteiger charge is -1.91. The van der Waals surface area contributed by atoms with E-state index in [1.54, 1.807) is 6.07 Å². The van der Waals surface area contributed by atoms with Crippen LogP contribution in [0.15, 0.2) is 23.1 Å². The summed E-state index contributed by atoms with van der Waals surface area (Å²) in [5, 5.41) is 2.53. The van der Waals surface area contributed by atoms with Crippen LogP contribution in [0.1, 0.15) is 12.5 Å². The minimum atomic E-state index is -0.184. The predicted octanol–water partition coefficient (Wildman–Crippen LogP) is -0.137. The lowest BCUT2D eigenvalue weighted by atomic mass is 10.3. The number of H-pyrrole nitrogens is 1. The van der Waals surface area contributed by atoms with Crippen LogP contribution in [0.25, 0.3) is 0 Å². The largest absolute Gasteiger partial charge is 0.345 e. The molecule has 2 N–H and O–H groups in total. The third kappa shape index (κ3) is 3.59. The van der Waals surface area contributed by atoms with E-state index in [1.807, 2.05) is 0 Å². The first-order valence-electron chi connectivity index (χ1n) is 4.10. The zero-order chi connectivity index (χ0) is 10.4. The molecule has 1 heterocycles. The Hall–Kier alpha value is -2.02. The monoisotopic (exact) mass is 190 g/mol. The van der Waals surface area contributed by atoms with Gasteiger partial charge >= 0.3 is 0 Å². The number of carbonyl (C=O) groups is 1.